The summed E-state index contributed by atoms with van der Waals surface area (Å²) in [7, 11) is 0. The Morgan fingerprint density at radius 1 is 1.33 bits per heavy atom. The number of anilines is 1. The monoisotopic (exact) mass is 220 g/mol. The molecule has 0 saturated carbocycles. The molecule has 4 heteroatoms. The third kappa shape index (κ3) is 1.87. The Balaban J connectivity index is 2.46. The molecular formula is C11H9ClN2O. The van der Waals surface area contributed by atoms with E-state index in [2.05, 4.69) is 4.98 Å². The maximum absolute atomic E-state index is 11.9. The number of hydrogen-bond acceptors (Lipinski definition) is 2. The van der Waals surface area contributed by atoms with Gasteiger partial charge >= 0.3 is 0 Å². The third-order valence-electron chi connectivity index (χ3n) is 2.12. The standard InChI is InChI=1S/C11H9ClN2O/c12-8-1-2-10(13)9(5-8)11(15)7-3-4-14-6-7/h1-6,14H,13H2. The molecule has 0 bridgehead atoms. The number of carbonyl (C=O) groups is 1. The topological polar surface area (TPSA) is 58.9 Å². The van der Waals surface area contributed by atoms with Gasteiger partial charge in [0.15, 0.2) is 5.78 Å². The Morgan fingerprint density at radius 3 is 2.80 bits per heavy atom. The molecule has 0 amide bonds. The van der Waals surface area contributed by atoms with Crippen molar-refractivity contribution in [2.75, 3.05) is 5.73 Å². The second-order valence-corrected chi connectivity index (χ2v) is 3.60. The Bertz CT molecular complexity index is 491. The minimum Gasteiger partial charge on any atom is -0.398 e. The molecule has 0 fully saturated rings. The van der Waals surface area contributed by atoms with Crippen LogP contribution in [-0.2, 0) is 0 Å². The average molecular weight is 221 g/mol. The molecule has 2 aromatic rings. The maximum Gasteiger partial charge on any atom is 0.196 e. The van der Waals surface area contributed by atoms with Crippen molar-refractivity contribution in [3.63, 3.8) is 0 Å². The van der Waals surface area contributed by atoms with Crippen LogP contribution in [0.15, 0.2) is 36.7 Å². The Morgan fingerprint density at radius 2 is 2.13 bits per heavy atom. The van der Waals surface area contributed by atoms with Crippen LogP contribution in [0.2, 0.25) is 5.02 Å². The van der Waals surface area contributed by atoms with Crippen molar-refractivity contribution in [3.05, 3.63) is 52.8 Å². The summed E-state index contributed by atoms with van der Waals surface area (Å²) in [4.78, 5) is 14.7. The van der Waals surface area contributed by atoms with Gasteiger partial charge in [-0.25, -0.2) is 0 Å². The summed E-state index contributed by atoms with van der Waals surface area (Å²) < 4.78 is 0. The minimum atomic E-state index is -0.128. The summed E-state index contributed by atoms with van der Waals surface area (Å²) in [6.07, 6.45) is 3.32. The average Bonchev–Trinajstić information content (AvgIpc) is 2.74. The SMILES string of the molecule is Nc1ccc(Cl)cc1C(=O)c1cc[nH]c1. The van der Waals surface area contributed by atoms with Crippen LogP contribution < -0.4 is 5.73 Å². The van der Waals surface area contributed by atoms with Crippen LogP contribution in [0.1, 0.15) is 15.9 Å². The fourth-order valence-corrected chi connectivity index (χ4v) is 1.52. The number of nitrogen functional groups attached to an aromatic ring is 1. The number of benzene rings is 1. The Hall–Kier alpha value is -1.74. The fourth-order valence-electron chi connectivity index (χ4n) is 1.35. The van der Waals surface area contributed by atoms with E-state index in [0.717, 1.165) is 0 Å². The van der Waals surface area contributed by atoms with Crippen LogP contribution in [-0.4, -0.2) is 10.8 Å². The zero-order chi connectivity index (χ0) is 10.8. The van der Waals surface area contributed by atoms with Gasteiger partial charge in [-0.2, -0.15) is 0 Å². The van der Waals surface area contributed by atoms with E-state index in [1.807, 2.05) is 0 Å². The molecule has 0 radical (unpaired) electrons. The molecule has 0 saturated heterocycles. The molecule has 15 heavy (non-hydrogen) atoms. The molecule has 3 N–H and O–H groups in total. The predicted octanol–water partition coefficient (Wildman–Crippen LogP) is 2.48. The zero-order valence-corrected chi connectivity index (χ0v) is 8.58. The van der Waals surface area contributed by atoms with Crippen molar-refractivity contribution in [2.45, 2.75) is 0 Å². The van der Waals surface area contributed by atoms with E-state index in [1.54, 1.807) is 36.7 Å². The number of aromatic nitrogens is 1. The first-order valence-electron chi connectivity index (χ1n) is 4.41. The van der Waals surface area contributed by atoms with Crippen molar-refractivity contribution in [1.82, 2.24) is 4.98 Å². The summed E-state index contributed by atoms with van der Waals surface area (Å²) in [5, 5.41) is 0.503. The molecule has 0 aliphatic carbocycles. The minimum absolute atomic E-state index is 0.128. The first kappa shape index (κ1) is 9.80. The number of H-pyrrole nitrogens is 1. The van der Waals surface area contributed by atoms with Crippen molar-refractivity contribution in [2.24, 2.45) is 0 Å². The molecule has 76 valence electrons. The van der Waals surface area contributed by atoms with E-state index in [1.165, 1.54) is 0 Å². The van der Waals surface area contributed by atoms with Gasteiger partial charge in [0.1, 0.15) is 0 Å². The number of ketones is 1. The van der Waals surface area contributed by atoms with Crippen molar-refractivity contribution in [1.29, 1.82) is 0 Å². The highest BCUT2D eigenvalue weighted by atomic mass is 35.5. The molecule has 0 aliphatic rings. The van der Waals surface area contributed by atoms with Crippen molar-refractivity contribution >= 4 is 23.1 Å². The maximum atomic E-state index is 11.9. The van der Waals surface area contributed by atoms with Crippen molar-refractivity contribution < 1.29 is 4.79 Å². The Kier molecular flexibility index (Phi) is 2.47. The van der Waals surface area contributed by atoms with E-state index < -0.39 is 0 Å². The molecule has 1 aromatic carbocycles. The molecule has 0 atom stereocenters. The number of carbonyl (C=O) groups excluding carboxylic acids is 1. The highest BCUT2D eigenvalue weighted by molar-refractivity contribution is 6.31. The lowest BCUT2D eigenvalue weighted by molar-refractivity contribution is 0.104. The van der Waals surface area contributed by atoms with Crippen LogP contribution in [0.4, 0.5) is 5.69 Å². The zero-order valence-electron chi connectivity index (χ0n) is 7.83. The van der Waals surface area contributed by atoms with Crippen LogP contribution in [0.25, 0.3) is 0 Å². The van der Waals surface area contributed by atoms with E-state index in [0.29, 0.717) is 21.8 Å². The van der Waals surface area contributed by atoms with Crippen LogP contribution in [0.5, 0.6) is 0 Å². The molecule has 0 unspecified atom stereocenters. The van der Waals surface area contributed by atoms with Gasteiger partial charge in [-0.3, -0.25) is 4.79 Å². The van der Waals surface area contributed by atoms with E-state index in [4.69, 9.17) is 17.3 Å². The highest BCUT2D eigenvalue weighted by Crippen LogP contribution is 2.20. The quantitative estimate of drug-likeness (QED) is 0.604. The predicted molar refractivity (Wildman–Crippen MR) is 60.1 cm³/mol. The lowest BCUT2D eigenvalue weighted by atomic mass is 10.0. The number of nitrogens with two attached hydrogens (primary N) is 1. The third-order valence-corrected chi connectivity index (χ3v) is 2.36. The second-order valence-electron chi connectivity index (χ2n) is 3.16. The number of aromatic amines is 1. The van der Waals surface area contributed by atoms with Gasteiger partial charge in [-0.1, -0.05) is 11.6 Å². The van der Waals surface area contributed by atoms with E-state index in [-0.39, 0.29) is 5.78 Å². The van der Waals surface area contributed by atoms with Crippen LogP contribution in [0, 0.1) is 0 Å². The van der Waals surface area contributed by atoms with Crippen LogP contribution in [0.3, 0.4) is 0 Å². The first-order valence-corrected chi connectivity index (χ1v) is 4.79. The summed E-state index contributed by atoms with van der Waals surface area (Å²) in [5.74, 6) is -0.128. The van der Waals surface area contributed by atoms with Gasteiger partial charge in [-0.05, 0) is 24.3 Å². The summed E-state index contributed by atoms with van der Waals surface area (Å²) >= 11 is 5.81. The summed E-state index contributed by atoms with van der Waals surface area (Å²) in [6.45, 7) is 0. The van der Waals surface area contributed by atoms with Gasteiger partial charge in [0.05, 0.1) is 0 Å². The number of nitrogens with one attached hydrogen (secondary N) is 1. The van der Waals surface area contributed by atoms with Gasteiger partial charge < -0.3 is 10.7 Å². The number of rotatable bonds is 2. The fraction of sp³-hybridized carbons (Fsp3) is 0. The van der Waals surface area contributed by atoms with Gasteiger partial charge in [0, 0.05) is 34.2 Å². The van der Waals surface area contributed by atoms with Crippen molar-refractivity contribution in [3.8, 4) is 0 Å². The lowest BCUT2D eigenvalue weighted by Gasteiger charge is -2.03. The van der Waals surface area contributed by atoms with E-state index >= 15 is 0 Å². The largest absolute Gasteiger partial charge is 0.398 e. The number of hydrogen-bond donors (Lipinski definition) is 2. The summed E-state index contributed by atoms with van der Waals surface area (Å²) in [6, 6.07) is 6.56. The normalized spacial score (nSPS) is 10.2. The molecule has 1 heterocycles. The number of halogens is 1. The molecule has 0 spiro atoms. The highest BCUT2D eigenvalue weighted by Gasteiger charge is 2.12. The molecular weight excluding hydrogens is 212 g/mol. The lowest BCUT2D eigenvalue weighted by Crippen LogP contribution is -2.04. The van der Waals surface area contributed by atoms with Gasteiger partial charge in [0.2, 0.25) is 0 Å². The molecule has 3 nitrogen and oxygen atoms in total. The van der Waals surface area contributed by atoms with Gasteiger partial charge in [-0.15, -0.1) is 0 Å². The summed E-state index contributed by atoms with van der Waals surface area (Å²) in [5.41, 5.74) is 7.15. The first-order chi connectivity index (χ1) is 7.18. The second kappa shape index (κ2) is 3.79. The Labute approximate surface area is 91.9 Å². The molecule has 2 rings (SSSR count). The van der Waals surface area contributed by atoms with Crippen LogP contribution >= 0.6 is 11.6 Å². The molecule has 1 aromatic heterocycles. The smallest absolute Gasteiger partial charge is 0.196 e. The van der Waals surface area contributed by atoms with E-state index in [9.17, 15) is 4.79 Å². The molecule has 0 aliphatic heterocycles. The van der Waals surface area contributed by atoms with Gasteiger partial charge in [0.25, 0.3) is 0 Å².